The van der Waals surface area contributed by atoms with Crippen LogP contribution in [0.2, 0.25) is 5.02 Å². The summed E-state index contributed by atoms with van der Waals surface area (Å²) in [6.45, 7) is 1.95. The second-order valence-electron chi connectivity index (χ2n) is 4.76. The number of halogens is 1. The van der Waals surface area contributed by atoms with Gasteiger partial charge in [-0.05, 0) is 43.9 Å². The van der Waals surface area contributed by atoms with Gasteiger partial charge in [0.2, 0.25) is 5.91 Å². The number of nitrogens with one attached hydrogen (secondary N) is 1. The molecule has 0 radical (unpaired) electrons. The fourth-order valence-corrected chi connectivity index (χ4v) is 2.09. The van der Waals surface area contributed by atoms with E-state index in [2.05, 4.69) is 5.32 Å². The van der Waals surface area contributed by atoms with Gasteiger partial charge in [0.15, 0.2) is 0 Å². The second kappa shape index (κ2) is 4.67. The molecule has 1 aliphatic carbocycles. The van der Waals surface area contributed by atoms with E-state index in [1.54, 1.807) is 0 Å². The van der Waals surface area contributed by atoms with E-state index >= 15 is 0 Å². The fourth-order valence-electron chi connectivity index (χ4n) is 1.96. The zero-order valence-electron chi connectivity index (χ0n) is 9.87. The van der Waals surface area contributed by atoms with Gasteiger partial charge in [0.25, 0.3) is 0 Å². The van der Waals surface area contributed by atoms with Gasteiger partial charge in [0, 0.05) is 5.02 Å². The molecule has 1 aliphatic rings. The standard InChI is InChI=1S/C13H17ClN2O/c1-9(10-3-5-11(14)6-4-10)16-12(17)13(15)7-2-8-13/h3-6,9H,2,7-8,15H2,1H3,(H,16,17)/t9-/m0/s1. The Labute approximate surface area is 106 Å². The quantitative estimate of drug-likeness (QED) is 0.868. The van der Waals surface area contributed by atoms with Crippen molar-refractivity contribution in [3.05, 3.63) is 34.9 Å². The highest BCUT2D eigenvalue weighted by molar-refractivity contribution is 6.30. The number of hydrogen-bond donors (Lipinski definition) is 2. The Morgan fingerprint density at radius 3 is 2.47 bits per heavy atom. The number of carbonyl (C=O) groups is 1. The third-order valence-electron chi connectivity index (χ3n) is 3.42. The van der Waals surface area contributed by atoms with Crippen molar-refractivity contribution in [2.45, 2.75) is 37.8 Å². The number of amides is 1. The summed E-state index contributed by atoms with van der Waals surface area (Å²) >= 11 is 5.82. The van der Waals surface area contributed by atoms with Crippen LogP contribution in [0.4, 0.5) is 0 Å². The summed E-state index contributed by atoms with van der Waals surface area (Å²) in [4.78, 5) is 11.9. The Morgan fingerprint density at radius 1 is 1.41 bits per heavy atom. The predicted molar refractivity (Wildman–Crippen MR) is 68.8 cm³/mol. The average molecular weight is 253 g/mol. The Bertz CT molecular complexity index is 412. The van der Waals surface area contributed by atoms with Crippen molar-refractivity contribution >= 4 is 17.5 Å². The molecule has 0 heterocycles. The maximum absolute atomic E-state index is 11.9. The molecule has 1 atom stereocenters. The van der Waals surface area contributed by atoms with E-state index in [0.717, 1.165) is 24.8 Å². The third-order valence-corrected chi connectivity index (χ3v) is 3.67. The van der Waals surface area contributed by atoms with Crippen molar-refractivity contribution in [2.75, 3.05) is 0 Å². The molecule has 1 amide bonds. The van der Waals surface area contributed by atoms with E-state index in [1.807, 2.05) is 31.2 Å². The third kappa shape index (κ3) is 2.61. The predicted octanol–water partition coefficient (Wildman–Crippen LogP) is 2.40. The zero-order valence-corrected chi connectivity index (χ0v) is 10.6. The molecule has 0 aliphatic heterocycles. The highest BCUT2D eigenvalue weighted by Gasteiger charge is 2.40. The van der Waals surface area contributed by atoms with Crippen LogP contribution in [0.5, 0.6) is 0 Å². The smallest absolute Gasteiger partial charge is 0.240 e. The minimum Gasteiger partial charge on any atom is -0.348 e. The molecular formula is C13H17ClN2O. The van der Waals surface area contributed by atoms with Crippen LogP contribution in [-0.2, 0) is 4.79 Å². The average Bonchev–Trinajstić information content (AvgIpc) is 2.26. The highest BCUT2D eigenvalue weighted by atomic mass is 35.5. The van der Waals surface area contributed by atoms with Gasteiger partial charge in [-0.2, -0.15) is 0 Å². The summed E-state index contributed by atoms with van der Waals surface area (Å²) in [5.74, 6) is -0.0498. The first-order valence-electron chi connectivity index (χ1n) is 5.86. The van der Waals surface area contributed by atoms with Crippen LogP contribution < -0.4 is 11.1 Å². The summed E-state index contributed by atoms with van der Waals surface area (Å²) in [6, 6.07) is 7.43. The summed E-state index contributed by atoms with van der Waals surface area (Å²) in [6.07, 6.45) is 2.61. The minimum absolute atomic E-state index is 0.0409. The lowest BCUT2D eigenvalue weighted by Crippen LogP contribution is -2.58. The maximum atomic E-state index is 11.9. The van der Waals surface area contributed by atoms with Crippen LogP contribution in [-0.4, -0.2) is 11.4 Å². The molecule has 0 spiro atoms. The molecule has 3 N–H and O–H groups in total. The van der Waals surface area contributed by atoms with Gasteiger partial charge in [-0.3, -0.25) is 4.79 Å². The van der Waals surface area contributed by atoms with Crippen LogP contribution in [0, 0.1) is 0 Å². The fraction of sp³-hybridized carbons (Fsp3) is 0.462. The maximum Gasteiger partial charge on any atom is 0.240 e. The number of carbonyl (C=O) groups excluding carboxylic acids is 1. The molecular weight excluding hydrogens is 236 g/mol. The monoisotopic (exact) mass is 252 g/mol. The van der Waals surface area contributed by atoms with Gasteiger partial charge >= 0.3 is 0 Å². The number of rotatable bonds is 3. The number of benzene rings is 1. The SMILES string of the molecule is C[C@H](NC(=O)C1(N)CCC1)c1ccc(Cl)cc1. The molecule has 1 aromatic carbocycles. The van der Waals surface area contributed by atoms with Crippen molar-refractivity contribution in [1.29, 1.82) is 0 Å². The Morgan fingerprint density at radius 2 is 2.00 bits per heavy atom. The van der Waals surface area contributed by atoms with E-state index in [4.69, 9.17) is 17.3 Å². The topological polar surface area (TPSA) is 55.1 Å². The van der Waals surface area contributed by atoms with Crippen molar-refractivity contribution in [2.24, 2.45) is 5.73 Å². The normalized spacial score (nSPS) is 19.2. The lowest BCUT2D eigenvalue weighted by atomic mass is 9.77. The Balaban J connectivity index is 1.99. The van der Waals surface area contributed by atoms with Crippen molar-refractivity contribution in [1.82, 2.24) is 5.32 Å². The lowest BCUT2D eigenvalue weighted by Gasteiger charge is -2.37. The van der Waals surface area contributed by atoms with Gasteiger partial charge in [-0.25, -0.2) is 0 Å². The summed E-state index contributed by atoms with van der Waals surface area (Å²) in [5.41, 5.74) is 6.36. The molecule has 4 heteroatoms. The van der Waals surface area contributed by atoms with Crippen LogP contribution in [0.1, 0.15) is 37.8 Å². The molecule has 1 saturated carbocycles. The van der Waals surface area contributed by atoms with Gasteiger partial charge in [-0.1, -0.05) is 23.7 Å². The van der Waals surface area contributed by atoms with Crippen LogP contribution >= 0.6 is 11.6 Å². The largest absolute Gasteiger partial charge is 0.348 e. The van der Waals surface area contributed by atoms with Crippen molar-refractivity contribution < 1.29 is 4.79 Å². The molecule has 0 aromatic heterocycles. The van der Waals surface area contributed by atoms with E-state index in [1.165, 1.54) is 0 Å². The Kier molecular flexibility index (Phi) is 3.40. The first-order chi connectivity index (χ1) is 8.01. The number of nitrogens with two attached hydrogens (primary N) is 1. The molecule has 0 bridgehead atoms. The Hall–Kier alpha value is -1.06. The summed E-state index contributed by atoms with van der Waals surface area (Å²) < 4.78 is 0. The summed E-state index contributed by atoms with van der Waals surface area (Å²) in [5, 5.41) is 3.65. The number of hydrogen-bond acceptors (Lipinski definition) is 2. The minimum atomic E-state index is -0.638. The molecule has 2 rings (SSSR count). The van der Waals surface area contributed by atoms with Crippen molar-refractivity contribution in [3.8, 4) is 0 Å². The summed E-state index contributed by atoms with van der Waals surface area (Å²) in [7, 11) is 0. The van der Waals surface area contributed by atoms with E-state index in [-0.39, 0.29) is 11.9 Å². The van der Waals surface area contributed by atoms with Gasteiger partial charge in [0.1, 0.15) is 0 Å². The van der Waals surface area contributed by atoms with Crippen LogP contribution in [0.15, 0.2) is 24.3 Å². The highest BCUT2D eigenvalue weighted by Crippen LogP contribution is 2.30. The molecule has 0 saturated heterocycles. The van der Waals surface area contributed by atoms with E-state index in [9.17, 15) is 4.79 Å². The molecule has 0 unspecified atom stereocenters. The van der Waals surface area contributed by atoms with E-state index < -0.39 is 5.54 Å². The molecule has 1 fully saturated rings. The van der Waals surface area contributed by atoms with Gasteiger partial charge in [-0.15, -0.1) is 0 Å². The first-order valence-corrected chi connectivity index (χ1v) is 6.24. The first kappa shape index (κ1) is 12.4. The molecule has 17 heavy (non-hydrogen) atoms. The lowest BCUT2D eigenvalue weighted by molar-refractivity contribution is -0.129. The van der Waals surface area contributed by atoms with E-state index in [0.29, 0.717) is 5.02 Å². The molecule has 1 aromatic rings. The van der Waals surface area contributed by atoms with Gasteiger partial charge in [0.05, 0.1) is 11.6 Å². The van der Waals surface area contributed by atoms with Crippen LogP contribution in [0.25, 0.3) is 0 Å². The van der Waals surface area contributed by atoms with Gasteiger partial charge < -0.3 is 11.1 Å². The van der Waals surface area contributed by atoms with Crippen molar-refractivity contribution in [3.63, 3.8) is 0 Å². The second-order valence-corrected chi connectivity index (χ2v) is 5.19. The molecule has 3 nitrogen and oxygen atoms in total. The molecule has 92 valence electrons. The zero-order chi connectivity index (χ0) is 12.5. The van der Waals surface area contributed by atoms with Crippen LogP contribution in [0.3, 0.4) is 0 Å².